The monoisotopic (exact) mass is 480 g/mol. The molecule has 2 N–H and O–H groups in total. The minimum atomic E-state index is -3.92. The number of aryl methyl sites for hydroxylation is 2. The maximum atomic E-state index is 12.8. The summed E-state index contributed by atoms with van der Waals surface area (Å²) in [4.78, 5) is 29.2. The molecule has 2 aromatic heterocycles. The van der Waals surface area contributed by atoms with Gasteiger partial charge < -0.3 is 14.3 Å². The first-order valence-corrected chi connectivity index (χ1v) is 12.9. The number of carbonyl (C=O) groups excluding carboxylic acids is 1. The predicted molar refractivity (Wildman–Crippen MR) is 116 cm³/mol. The van der Waals surface area contributed by atoms with E-state index in [1.807, 2.05) is 0 Å². The molecular weight excluding hydrogens is 460 g/mol. The van der Waals surface area contributed by atoms with Crippen molar-refractivity contribution in [3.8, 4) is 0 Å². The molecule has 1 unspecified atom stereocenters. The van der Waals surface area contributed by atoms with Crippen LogP contribution in [0.2, 0.25) is 0 Å². The second-order valence-electron chi connectivity index (χ2n) is 7.57. The molecule has 32 heavy (non-hydrogen) atoms. The van der Waals surface area contributed by atoms with Crippen molar-refractivity contribution in [2.75, 3.05) is 16.8 Å². The third kappa shape index (κ3) is 4.18. The first-order chi connectivity index (χ1) is 15.0. The maximum Gasteiger partial charge on any atom is 0.265 e. The lowest BCUT2D eigenvalue weighted by molar-refractivity contribution is 0.102. The van der Waals surface area contributed by atoms with Gasteiger partial charge in [-0.1, -0.05) is 0 Å². The van der Waals surface area contributed by atoms with Crippen LogP contribution in [0.4, 0.5) is 5.69 Å². The Morgan fingerprint density at radius 2 is 1.94 bits per heavy atom. The van der Waals surface area contributed by atoms with Gasteiger partial charge in [-0.15, -0.1) is 0 Å². The second kappa shape index (κ2) is 7.83. The number of benzene rings is 1. The van der Waals surface area contributed by atoms with E-state index in [0.29, 0.717) is 5.69 Å². The summed E-state index contributed by atoms with van der Waals surface area (Å²) in [5, 5.41) is 2.67. The summed E-state index contributed by atoms with van der Waals surface area (Å²) in [6, 6.07) is 4.71. The third-order valence-corrected chi connectivity index (χ3v) is 8.46. The molecule has 13 heteroatoms. The minimum absolute atomic E-state index is 0.0497. The summed E-state index contributed by atoms with van der Waals surface area (Å²) in [6.07, 6.45) is 1.52. The van der Waals surface area contributed by atoms with Gasteiger partial charge in [0, 0.05) is 18.8 Å². The van der Waals surface area contributed by atoms with Crippen molar-refractivity contribution in [2.24, 2.45) is 7.05 Å². The number of rotatable bonds is 5. The summed E-state index contributed by atoms with van der Waals surface area (Å²) in [5.74, 6) is -0.655. The molecule has 1 amide bonds. The van der Waals surface area contributed by atoms with Gasteiger partial charge in [-0.05, 0) is 37.6 Å². The van der Waals surface area contributed by atoms with Gasteiger partial charge in [0.15, 0.2) is 9.84 Å². The van der Waals surface area contributed by atoms with Crippen LogP contribution in [0, 0.1) is 6.92 Å². The van der Waals surface area contributed by atoms with E-state index < -0.39 is 37.4 Å². The van der Waals surface area contributed by atoms with Crippen LogP contribution >= 0.6 is 0 Å². The molecule has 170 valence electrons. The molecule has 1 aliphatic heterocycles. The quantitative estimate of drug-likeness (QED) is 0.536. The molecule has 0 spiro atoms. The summed E-state index contributed by atoms with van der Waals surface area (Å²) in [7, 11) is -5.64. The van der Waals surface area contributed by atoms with Crippen molar-refractivity contribution in [1.82, 2.24) is 14.3 Å². The van der Waals surface area contributed by atoms with Crippen LogP contribution < -0.4 is 15.6 Å². The summed E-state index contributed by atoms with van der Waals surface area (Å²) in [6.45, 7) is 1.54. The van der Waals surface area contributed by atoms with Crippen molar-refractivity contribution in [3.63, 3.8) is 0 Å². The third-order valence-electron chi connectivity index (χ3n) is 5.15. The molecule has 0 aliphatic carbocycles. The van der Waals surface area contributed by atoms with Gasteiger partial charge in [-0.25, -0.2) is 26.5 Å². The molecular formula is C19H20N4O7S2. The van der Waals surface area contributed by atoms with E-state index in [4.69, 9.17) is 4.42 Å². The molecule has 4 rings (SSSR count). The predicted octanol–water partition coefficient (Wildman–Crippen LogP) is 0.553. The van der Waals surface area contributed by atoms with E-state index in [9.17, 15) is 26.4 Å². The fourth-order valence-corrected chi connectivity index (χ4v) is 6.60. The molecule has 11 nitrogen and oxygen atoms in total. The fourth-order valence-electron chi connectivity index (χ4n) is 3.55. The number of aromatic nitrogens is 2. The first kappa shape index (κ1) is 22.2. The standard InChI is InChI=1S/C19H20N4O7S2/c1-11-15(16-18(30-11)20-10-23(2)19(16)25)17(24)21-12-3-5-14(6-4-12)32(28,29)22-13-7-8-31(26,27)9-13/h3-6,10,13,22H,7-9H2,1-2H3,(H,21,24). The van der Waals surface area contributed by atoms with Gasteiger partial charge in [0.25, 0.3) is 11.5 Å². The number of nitrogens with one attached hydrogen (secondary N) is 2. The SMILES string of the molecule is Cc1oc2ncn(C)c(=O)c2c1C(=O)Nc1ccc(S(=O)(=O)NC2CCS(=O)(=O)C2)cc1. The average molecular weight is 481 g/mol. The molecule has 1 aliphatic rings. The average Bonchev–Trinajstić information content (AvgIpc) is 3.23. The molecule has 0 bridgehead atoms. The number of anilines is 1. The van der Waals surface area contributed by atoms with Crippen LogP contribution in [-0.4, -0.2) is 49.8 Å². The highest BCUT2D eigenvalue weighted by Gasteiger charge is 2.31. The number of hydrogen-bond donors (Lipinski definition) is 2. The highest BCUT2D eigenvalue weighted by molar-refractivity contribution is 7.92. The lowest BCUT2D eigenvalue weighted by Gasteiger charge is -2.12. The van der Waals surface area contributed by atoms with Gasteiger partial charge in [-0.3, -0.25) is 9.59 Å². The Labute approximate surface area is 183 Å². The van der Waals surface area contributed by atoms with Gasteiger partial charge in [0.1, 0.15) is 17.5 Å². The highest BCUT2D eigenvalue weighted by atomic mass is 32.2. The summed E-state index contributed by atoms with van der Waals surface area (Å²) in [5.41, 5.74) is -0.0306. The van der Waals surface area contributed by atoms with Crippen LogP contribution in [0.3, 0.4) is 0 Å². The number of amides is 1. The van der Waals surface area contributed by atoms with Gasteiger partial charge >= 0.3 is 0 Å². The topological polar surface area (TPSA) is 157 Å². The zero-order valence-electron chi connectivity index (χ0n) is 17.2. The van der Waals surface area contributed by atoms with E-state index in [1.54, 1.807) is 6.92 Å². The Kier molecular flexibility index (Phi) is 5.43. The molecule has 0 radical (unpaired) electrons. The number of fused-ring (bicyclic) bond motifs is 1. The van der Waals surface area contributed by atoms with E-state index in [0.717, 1.165) is 0 Å². The Bertz CT molecular complexity index is 1490. The maximum absolute atomic E-state index is 12.8. The molecule has 0 saturated carbocycles. The van der Waals surface area contributed by atoms with Gasteiger partial charge in [-0.2, -0.15) is 0 Å². The van der Waals surface area contributed by atoms with Crippen LogP contribution in [-0.2, 0) is 26.9 Å². The van der Waals surface area contributed by atoms with Crippen LogP contribution in [0.5, 0.6) is 0 Å². The molecule has 1 atom stereocenters. The summed E-state index contributed by atoms with van der Waals surface area (Å²) >= 11 is 0. The number of hydrogen-bond acceptors (Lipinski definition) is 8. The van der Waals surface area contributed by atoms with Gasteiger partial charge in [0.2, 0.25) is 15.7 Å². The summed E-state index contributed by atoms with van der Waals surface area (Å²) < 4.78 is 57.2. The van der Waals surface area contributed by atoms with Crippen LogP contribution in [0.25, 0.3) is 11.1 Å². The Balaban J connectivity index is 1.54. The van der Waals surface area contributed by atoms with E-state index in [1.165, 1.54) is 42.2 Å². The number of furan rings is 1. The van der Waals surface area contributed by atoms with Crippen molar-refractivity contribution < 1.29 is 26.0 Å². The van der Waals surface area contributed by atoms with Crippen LogP contribution in [0.15, 0.2) is 44.7 Å². The number of carbonyl (C=O) groups is 1. The minimum Gasteiger partial charge on any atom is -0.442 e. The van der Waals surface area contributed by atoms with Crippen molar-refractivity contribution in [3.05, 3.63) is 52.3 Å². The molecule has 3 aromatic rings. The zero-order valence-corrected chi connectivity index (χ0v) is 18.8. The Hall–Kier alpha value is -3.03. The Morgan fingerprint density at radius 3 is 2.56 bits per heavy atom. The molecule has 1 aromatic carbocycles. The van der Waals surface area contributed by atoms with E-state index in [-0.39, 0.29) is 45.2 Å². The van der Waals surface area contributed by atoms with Crippen molar-refractivity contribution in [1.29, 1.82) is 0 Å². The lowest BCUT2D eigenvalue weighted by Crippen LogP contribution is -2.35. The molecule has 1 saturated heterocycles. The van der Waals surface area contributed by atoms with Crippen molar-refractivity contribution >= 4 is 42.6 Å². The molecule has 1 fully saturated rings. The van der Waals surface area contributed by atoms with Crippen molar-refractivity contribution in [2.45, 2.75) is 24.3 Å². The lowest BCUT2D eigenvalue weighted by atomic mass is 10.1. The first-order valence-electron chi connectivity index (χ1n) is 9.56. The zero-order chi connectivity index (χ0) is 23.3. The fraction of sp³-hybridized carbons (Fsp3) is 0.316. The second-order valence-corrected chi connectivity index (χ2v) is 11.5. The highest BCUT2D eigenvalue weighted by Crippen LogP contribution is 2.23. The number of nitrogens with zero attached hydrogens (tertiary/aromatic N) is 2. The normalized spacial score (nSPS) is 18.1. The van der Waals surface area contributed by atoms with Gasteiger partial charge in [0.05, 0.1) is 22.0 Å². The number of sulfone groups is 1. The van der Waals surface area contributed by atoms with E-state index in [2.05, 4.69) is 15.0 Å². The van der Waals surface area contributed by atoms with Crippen LogP contribution in [0.1, 0.15) is 22.5 Å². The Morgan fingerprint density at radius 1 is 1.25 bits per heavy atom. The van der Waals surface area contributed by atoms with E-state index >= 15 is 0 Å². The largest absolute Gasteiger partial charge is 0.442 e. The smallest absolute Gasteiger partial charge is 0.265 e. The molecule has 3 heterocycles. The number of sulfonamides is 1.